The predicted octanol–water partition coefficient (Wildman–Crippen LogP) is 6.67. The molecular weight excluding hydrogens is 471 g/mol. The van der Waals surface area contributed by atoms with Crippen molar-refractivity contribution in [2.45, 2.75) is 32.4 Å². The Morgan fingerprint density at radius 1 is 0.714 bits per heavy atom. The van der Waals surface area contributed by atoms with E-state index in [2.05, 4.69) is 94.7 Å². The number of benzene rings is 3. The average molecular weight is 508 g/mol. The molecule has 6 rings (SSSR count). The largest absolute Gasteiger partial charge is 0.298 e. The van der Waals surface area contributed by atoms with Gasteiger partial charge in [0.15, 0.2) is 0 Å². The molecule has 1 aliphatic carbocycles. The van der Waals surface area contributed by atoms with E-state index in [0.717, 1.165) is 32.0 Å². The standard InChI is InChI=1S/C31H34N2.2ClH/c1-2-6-25(7-3-1)20-33-22-29-14-15-30(31(29)23-33)27-12-10-24(11-13-27)16-18-32-19-17-26-8-4-5-9-28(26)21-32;;/h1-13,15,29,31H,14,16-23H2;2*1H. The van der Waals surface area contributed by atoms with Gasteiger partial charge in [0.2, 0.25) is 0 Å². The van der Waals surface area contributed by atoms with Crippen LogP contribution in [-0.2, 0) is 25.9 Å². The Labute approximate surface area is 222 Å². The van der Waals surface area contributed by atoms with Crippen LogP contribution in [0.3, 0.4) is 0 Å². The number of hydrogen-bond acceptors (Lipinski definition) is 2. The molecule has 2 atom stereocenters. The Morgan fingerprint density at radius 3 is 2.26 bits per heavy atom. The fraction of sp³-hybridized carbons (Fsp3) is 0.355. The van der Waals surface area contributed by atoms with Gasteiger partial charge in [0, 0.05) is 45.2 Å². The fourth-order valence-electron chi connectivity index (χ4n) is 6.18. The summed E-state index contributed by atoms with van der Waals surface area (Å²) in [5.41, 5.74) is 8.99. The number of fused-ring (bicyclic) bond motifs is 2. The number of rotatable bonds is 6. The zero-order valence-electron chi connectivity index (χ0n) is 20.3. The summed E-state index contributed by atoms with van der Waals surface area (Å²) in [4.78, 5) is 5.27. The summed E-state index contributed by atoms with van der Waals surface area (Å²) in [5, 5.41) is 0. The Hall–Kier alpha value is -2.10. The highest BCUT2D eigenvalue weighted by Crippen LogP contribution is 2.43. The lowest BCUT2D eigenvalue weighted by molar-refractivity contribution is 0.257. The summed E-state index contributed by atoms with van der Waals surface area (Å²) in [6.45, 7) is 6.95. The minimum atomic E-state index is 0. The van der Waals surface area contributed by atoms with Gasteiger partial charge in [-0.05, 0) is 58.6 Å². The highest BCUT2D eigenvalue weighted by molar-refractivity contribution is 5.85. The monoisotopic (exact) mass is 506 g/mol. The lowest BCUT2D eigenvalue weighted by Crippen LogP contribution is -2.32. The third-order valence-electron chi connectivity index (χ3n) is 8.02. The topological polar surface area (TPSA) is 6.48 Å². The third-order valence-corrected chi connectivity index (χ3v) is 8.02. The van der Waals surface area contributed by atoms with Crippen molar-refractivity contribution < 1.29 is 0 Å². The molecule has 2 aliphatic heterocycles. The lowest BCUT2D eigenvalue weighted by Gasteiger charge is -2.28. The fourth-order valence-corrected chi connectivity index (χ4v) is 6.18. The van der Waals surface area contributed by atoms with Crippen LogP contribution in [0.2, 0.25) is 0 Å². The number of nitrogens with zero attached hydrogens (tertiary/aromatic N) is 2. The molecule has 4 heteroatoms. The van der Waals surface area contributed by atoms with Crippen molar-refractivity contribution in [1.29, 1.82) is 0 Å². The first kappa shape index (κ1) is 26.0. The maximum Gasteiger partial charge on any atom is 0.0236 e. The minimum absolute atomic E-state index is 0. The van der Waals surface area contributed by atoms with Crippen LogP contribution in [0.5, 0.6) is 0 Å². The smallest absolute Gasteiger partial charge is 0.0236 e. The van der Waals surface area contributed by atoms with Gasteiger partial charge >= 0.3 is 0 Å². The average Bonchev–Trinajstić information content (AvgIpc) is 3.44. The van der Waals surface area contributed by atoms with Crippen molar-refractivity contribution >= 4 is 30.4 Å². The van der Waals surface area contributed by atoms with Crippen molar-refractivity contribution in [2.24, 2.45) is 11.8 Å². The first-order valence-electron chi connectivity index (χ1n) is 12.7. The SMILES string of the molecule is C1=C(c2ccc(CCN3CCc4ccccc4C3)cc2)C2CN(Cc3ccccc3)CC2C1.Cl.Cl. The molecule has 2 heterocycles. The quantitative estimate of drug-likeness (QED) is 0.368. The highest BCUT2D eigenvalue weighted by atomic mass is 35.5. The van der Waals surface area contributed by atoms with Gasteiger partial charge in [-0.2, -0.15) is 0 Å². The maximum absolute atomic E-state index is 2.66. The van der Waals surface area contributed by atoms with Gasteiger partial charge in [-0.15, -0.1) is 24.8 Å². The zero-order chi connectivity index (χ0) is 22.0. The molecule has 1 fully saturated rings. The molecule has 35 heavy (non-hydrogen) atoms. The second kappa shape index (κ2) is 11.8. The normalized spacial score (nSPS) is 21.4. The van der Waals surface area contributed by atoms with Gasteiger partial charge in [0.1, 0.15) is 0 Å². The highest BCUT2D eigenvalue weighted by Gasteiger charge is 2.38. The number of likely N-dealkylation sites (tertiary alicyclic amines) is 1. The van der Waals surface area contributed by atoms with Gasteiger partial charge in [-0.1, -0.05) is 84.9 Å². The van der Waals surface area contributed by atoms with Crippen molar-refractivity contribution in [3.63, 3.8) is 0 Å². The maximum atomic E-state index is 2.66. The van der Waals surface area contributed by atoms with E-state index in [-0.39, 0.29) is 24.8 Å². The molecule has 3 aromatic carbocycles. The third kappa shape index (κ3) is 5.84. The van der Waals surface area contributed by atoms with E-state index in [1.807, 2.05) is 0 Å². The molecule has 0 radical (unpaired) electrons. The molecule has 2 nitrogen and oxygen atoms in total. The van der Waals surface area contributed by atoms with Gasteiger partial charge < -0.3 is 0 Å². The van der Waals surface area contributed by atoms with Crippen LogP contribution in [0.4, 0.5) is 0 Å². The first-order valence-corrected chi connectivity index (χ1v) is 12.7. The van der Waals surface area contributed by atoms with Crippen LogP contribution in [-0.4, -0.2) is 36.0 Å². The van der Waals surface area contributed by atoms with E-state index >= 15 is 0 Å². The molecule has 0 amide bonds. The summed E-state index contributed by atoms with van der Waals surface area (Å²) in [7, 11) is 0. The van der Waals surface area contributed by atoms with Crippen LogP contribution >= 0.6 is 24.8 Å². The Morgan fingerprint density at radius 2 is 1.46 bits per heavy atom. The van der Waals surface area contributed by atoms with Crippen molar-refractivity contribution in [1.82, 2.24) is 9.80 Å². The van der Waals surface area contributed by atoms with Crippen LogP contribution < -0.4 is 0 Å². The molecule has 0 aromatic heterocycles. The molecule has 184 valence electrons. The van der Waals surface area contributed by atoms with Crippen LogP contribution in [0.25, 0.3) is 5.57 Å². The van der Waals surface area contributed by atoms with Gasteiger partial charge in [-0.3, -0.25) is 9.80 Å². The molecular formula is C31H36Cl2N2. The summed E-state index contributed by atoms with van der Waals surface area (Å²) >= 11 is 0. The molecule has 0 saturated carbocycles. The first-order chi connectivity index (χ1) is 16.3. The van der Waals surface area contributed by atoms with Crippen molar-refractivity contribution in [3.8, 4) is 0 Å². The summed E-state index contributed by atoms with van der Waals surface area (Å²) < 4.78 is 0. The van der Waals surface area contributed by atoms with Gasteiger partial charge in [0.25, 0.3) is 0 Å². The van der Waals surface area contributed by atoms with Gasteiger partial charge in [-0.25, -0.2) is 0 Å². The van der Waals surface area contributed by atoms with Crippen LogP contribution in [0.1, 0.15) is 34.2 Å². The molecule has 0 bridgehead atoms. The van der Waals surface area contributed by atoms with E-state index in [4.69, 9.17) is 0 Å². The molecule has 1 saturated heterocycles. The molecule has 0 N–H and O–H groups in total. The van der Waals surface area contributed by atoms with E-state index in [9.17, 15) is 0 Å². The zero-order valence-corrected chi connectivity index (χ0v) is 21.9. The van der Waals surface area contributed by atoms with E-state index < -0.39 is 0 Å². The Balaban J connectivity index is 0.00000144. The van der Waals surface area contributed by atoms with Crippen LogP contribution in [0.15, 0.2) is 84.9 Å². The van der Waals surface area contributed by atoms with Gasteiger partial charge in [0.05, 0.1) is 0 Å². The molecule has 0 spiro atoms. The van der Waals surface area contributed by atoms with E-state index in [1.54, 1.807) is 5.57 Å². The number of allylic oxidation sites excluding steroid dienone is 1. The Kier molecular flexibility index (Phi) is 8.73. The second-order valence-corrected chi connectivity index (χ2v) is 10.2. The van der Waals surface area contributed by atoms with Crippen molar-refractivity contribution in [3.05, 3.63) is 113 Å². The second-order valence-electron chi connectivity index (χ2n) is 10.2. The molecule has 3 aromatic rings. The van der Waals surface area contributed by atoms with Crippen LogP contribution in [0, 0.1) is 11.8 Å². The lowest BCUT2D eigenvalue weighted by atomic mass is 9.90. The number of hydrogen-bond donors (Lipinski definition) is 0. The van der Waals surface area contributed by atoms with Crippen molar-refractivity contribution in [2.75, 3.05) is 26.2 Å². The molecule has 3 aliphatic rings. The summed E-state index contributed by atoms with van der Waals surface area (Å²) in [6, 6.07) is 29.4. The Bertz CT molecular complexity index is 1130. The number of halogens is 2. The van der Waals surface area contributed by atoms with E-state index in [0.29, 0.717) is 5.92 Å². The minimum Gasteiger partial charge on any atom is -0.298 e. The summed E-state index contributed by atoms with van der Waals surface area (Å²) in [5.74, 6) is 1.50. The van der Waals surface area contributed by atoms with E-state index in [1.165, 1.54) is 60.3 Å². The predicted molar refractivity (Wildman–Crippen MR) is 151 cm³/mol. The summed E-state index contributed by atoms with van der Waals surface area (Å²) in [6.07, 6.45) is 6.09. The molecule has 2 unspecified atom stereocenters.